The lowest BCUT2D eigenvalue weighted by Crippen LogP contribution is -2.73. The Morgan fingerprint density at radius 3 is 2.20 bits per heavy atom. The molecule has 0 aliphatic carbocycles. The third-order valence-corrected chi connectivity index (χ3v) is 5.81. The van der Waals surface area contributed by atoms with Crippen molar-refractivity contribution in [3.63, 3.8) is 0 Å². The molecule has 6 nitrogen and oxygen atoms in total. The molecule has 1 N–H and O–H groups in total. The second kappa shape index (κ2) is 4.20. The number of aryl methyl sites for hydroxylation is 1. The standard InChI is InChI=1S/C13H16N2O4S/c1-10-2-4-11(5-3-10)20(18,19)15-8-13(9-15)6-14(7-13)12(16)17/h2-5H,6-9H2,1H3,(H,16,17). The molecule has 0 bridgehead atoms. The fourth-order valence-electron chi connectivity index (χ4n) is 2.83. The number of hydrogen-bond acceptors (Lipinski definition) is 3. The molecule has 0 saturated carbocycles. The van der Waals surface area contributed by atoms with Crippen LogP contribution in [0.4, 0.5) is 4.79 Å². The predicted molar refractivity (Wildman–Crippen MR) is 72.0 cm³/mol. The maximum Gasteiger partial charge on any atom is 0.407 e. The SMILES string of the molecule is Cc1ccc(S(=O)(=O)N2CC3(CN(C(=O)O)C3)C2)cc1. The van der Waals surface area contributed by atoms with Gasteiger partial charge in [0, 0.05) is 31.6 Å². The van der Waals surface area contributed by atoms with Crippen molar-refractivity contribution in [1.29, 1.82) is 0 Å². The smallest absolute Gasteiger partial charge is 0.407 e. The summed E-state index contributed by atoms with van der Waals surface area (Å²) < 4.78 is 26.2. The van der Waals surface area contributed by atoms with Crippen LogP contribution in [0.5, 0.6) is 0 Å². The summed E-state index contributed by atoms with van der Waals surface area (Å²) in [7, 11) is -3.44. The molecule has 0 unspecified atom stereocenters. The number of nitrogens with zero attached hydrogens (tertiary/aromatic N) is 2. The Bertz CT molecular complexity index is 639. The van der Waals surface area contributed by atoms with Crippen LogP contribution >= 0.6 is 0 Å². The van der Waals surface area contributed by atoms with Crippen LogP contribution in [0, 0.1) is 12.3 Å². The van der Waals surface area contributed by atoms with Gasteiger partial charge in [0.1, 0.15) is 0 Å². The van der Waals surface area contributed by atoms with Gasteiger partial charge in [-0.15, -0.1) is 0 Å². The van der Waals surface area contributed by atoms with Gasteiger partial charge < -0.3 is 10.0 Å². The molecule has 2 aliphatic heterocycles. The Hall–Kier alpha value is -1.60. The number of likely N-dealkylation sites (tertiary alicyclic amines) is 1. The summed E-state index contributed by atoms with van der Waals surface area (Å²) in [5, 5.41) is 8.81. The summed E-state index contributed by atoms with van der Waals surface area (Å²) in [5.74, 6) is 0. The zero-order valence-corrected chi connectivity index (χ0v) is 11.9. The summed E-state index contributed by atoms with van der Waals surface area (Å²) in [6.07, 6.45) is -0.935. The lowest BCUT2D eigenvalue weighted by molar-refractivity contribution is -0.0663. The summed E-state index contributed by atoms with van der Waals surface area (Å²) in [4.78, 5) is 12.3. The van der Waals surface area contributed by atoms with Gasteiger partial charge in [-0.05, 0) is 19.1 Å². The van der Waals surface area contributed by atoms with E-state index in [1.165, 1.54) is 9.21 Å². The Labute approximate surface area is 117 Å². The van der Waals surface area contributed by atoms with Crippen molar-refractivity contribution in [1.82, 2.24) is 9.21 Å². The number of hydrogen-bond donors (Lipinski definition) is 1. The average molecular weight is 296 g/mol. The van der Waals surface area contributed by atoms with Gasteiger partial charge in [0.05, 0.1) is 4.90 Å². The van der Waals surface area contributed by atoms with E-state index in [9.17, 15) is 13.2 Å². The van der Waals surface area contributed by atoms with Crippen molar-refractivity contribution in [3.05, 3.63) is 29.8 Å². The highest BCUT2D eigenvalue weighted by atomic mass is 32.2. The van der Waals surface area contributed by atoms with Crippen LogP contribution in [0.1, 0.15) is 5.56 Å². The second-order valence-corrected chi connectivity index (χ2v) is 7.66. The van der Waals surface area contributed by atoms with E-state index in [1.54, 1.807) is 24.3 Å². The van der Waals surface area contributed by atoms with Crippen LogP contribution in [0.3, 0.4) is 0 Å². The normalized spacial score (nSPS) is 21.4. The van der Waals surface area contributed by atoms with Crippen molar-refractivity contribution in [2.24, 2.45) is 5.41 Å². The van der Waals surface area contributed by atoms with E-state index in [1.807, 2.05) is 6.92 Å². The Kier molecular flexibility index (Phi) is 2.81. The maximum atomic E-state index is 12.4. The van der Waals surface area contributed by atoms with Crippen LogP contribution in [-0.4, -0.2) is 55.0 Å². The van der Waals surface area contributed by atoms with Crippen molar-refractivity contribution >= 4 is 16.1 Å². The summed E-state index contributed by atoms with van der Waals surface area (Å²) in [5.41, 5.74) is 0.857. The minimum atomic E-state index is -3.44. The van der Waals surface area contributed by atoms with Gasteiger partial charge >= 0.3 is 6.09 Å². The van der Waals surface area contributed by atoms with Gasteiger partial charge in [0.25, 0.3) is 0 Å². The Morgan fingerprint density at radius 2 is 1.70 bits per heavy atom. The number of carbonyl (C=O) groups is 1. The molecule has 1 spiro atoms. The van der Waals surface area contributed by atoms with E-state index < -0.39 is 16.1 Å². The molecule has 2 fully saturated rings. The molecular weight excluding hydrogens is 280 g/mol. The molecule has 0 aromatic heterocycles. The zero-order valence-electron chi connectivity index (χ0n) is 11.1. The lowest BCUT2D eigenvalue weighted by Gasteiger charge is -2.58. The van der Waals surface area contributed by atoms with Gasteiger partial charge in [-0.3, -0.25) is 0 Å². The minimum Gasteiger partial charge on any atom is -0.465 e. The quantitative estimate of drug-likeness (QED) is 0.882. The largest absolute Gasteiger partial charge is 0.465 e. The van der Waals surface area contributed by atoms with E-state index in [2.05, 4.69) is 0 Å². The number of rotatable bonds is 2. The highest BCUT2D eigenvalue weighted by molar-refractivity contribution is 7.89. The predicted octanol–water partition coefficient (Wildman–Crippen LogP) is 0.979. The number of amides is 1. The highest BCUT2D eigenvalue weighted by Gasteiger charge is 2.56. The van der Waals surface area contributed by atoms with Crippen LogP contribution in [0.25, 0.3) is 0 Å². The molecule has 20 heavy (non-hydrogen) atoms. The first-order valence-electron chi connectivity index (χ1n) is 6.37. The van der Waals surface area contributed by atoms with Crippen molar-refractivity contribution in [2.45, 2.75) is 11.8 Å². The summed E-state index contributed by atoms with van der Waals surface area (Å²) in [6, 6.07) is 6.77. The lowest BCUT2D eigenvalue weighted by atomic mass is 9.75. The van der Waals surface area contributed by atoms with Crippen LogP contribution in [0.2, 0.25) is 0 Å². The molecular formula is C13H16N2O4S. The zero-order chi connectivity index (χ0) is 14.5. The van der Waals surface area contributed by atoms with E-state index in [0.29, 0.717) is 31.1 Å². The molecule has 7 heteroatoms. The minimum absolute atomic E-state index is 0.157. The van der Waals surface area contributed by atoms with E-state index in [4.69, 9.17) is 5.11 Å². The maximum absolute atomic E-state index is 12.4. The van der Waals surface area contributed by atoms with Gasteiger partial charge in [-0.25, -0.2) is 13.2 Å². The Morgan fingerprint density at radius 1 is 1.15 bits per heavy atom. The van der Waals surface area contributed by atoms with Crippen molar-refractivity contribution < 1.29 is 18.3 Å². The molecule has 0 radical (unpaired) electrons. The fraction of sp³-hybridized carbons (Fsp3) is 0.462. The molecule has 108 valence electrons. The highest BCUT2D eigenvalue weighted by Crippen LogP contribution is 2.42. The van der Waals surface area contributed by atoms with Gasteiger partial charge in [0.2, 0.25) is 10.0 Å². The third-order valence-electron chi connectivity index (χ3n) is 4.01. The number of carboxylic acid groups (broad SMARTS) is 1. The third kappa shape index (κ3) is 1.97. The van der Waals surface area contributed by atoms with Gasteiger partial charge in [-0.2, -0.15) is 4.31 Å². The summed E-state index contributed by atoms with van der Waals surface area (Å²) >= 11 is 0. The van der Waals surface area contributed by atoms with E-state index in [-0.39, 0.29) is 5.41 Å². The van der Waals surface area contributed by atoms with E-state index in [0.717, 1.165) is 5.56 Å². The van der Waals surface area contributed by atoms with Crippen molar-refractivity contribution in [3.8, 4) is 0 Å². The Balaban J connectivity index is 1.68. The molecule has 1 aromatic carbocycles. The summed E-state index contributed by atoms with van der Waals surface area (Å²) in [6.45, 7) is 3.59. The first-order chi connectivity index (χ1) is 9.32. The number of sulfonamides is 1. The molecule has 2 aliphatic rings. The van der Waals surface area contributed by atoms with Gasteiger partial charge in [0.15, 0.2) is 0 Å². The molecule has 2 heterocycles. The first kappa shape index (κ1) is 13.4. The van der Waals surface area contributed by atoms with Crippen molar-refractivity contribution in [2.75, 3.05) is 26.2 Å². The molecule has 0 atom stereocenters. The molecule has 3 rings (SSSR count). The topological polar surface area (TPSA) is 77.9 Å². The van der Waals surface area contributed by atoms with Crippen LogP contribution in [0.15, 0.2) is 29.2 Å². The monoisotopic (exact) mass is 296 g/mol. The van der Waals surface area contributed by atoms with E-state index >= 15 is 0 Å². The molecule has 1 aromatic rings. The molecule has 1 amide bonds. The fourth-order valence-corrected chi connectivity index (χ4v) is 4.50. The molecule has 2 saturated heterocycles. The second-order valence-electron chi connectivity index (χ2n) is 5.72. The van der Waals surface area contributed by atoms with Gasteiger partial charge in [-0.1, -0.05) is 17.7 Å². The van der Waals surface area contributed by atoms with Crippen LogP contribution < -0.4 is 0 Å². The first-order valence-corrected chi connectivity index (χ1v) is 7.81. The average Bonchev–Trinajstić information content (AvgIpc) is 2.24. The number of benzene rings is 1. The van der Waals surface area contributed by atoms with Crippen LogP contribution in [-0.2, 0) is 10.0 Å².